The molecule has 0 aliphatic carbocycles. The largest absolute Gasteiger partial charge is 0.384 e. The monoisotopic (exact) mass is 260 g/mol. The molecule has 0 saturated heterocycles. The average Bonchev–Trinajstić information content (AvgIpc) is 2.32. The first kappa shape index (κ1) is 13.1. The summed E-state index contributed by atoms with van der Waals surface area (Å²) in [7, 11) is 0. The van der Waals surface area contributed by atoms with Gasteiger partial charge in [0.2, 0.25) is 0 Å². The summed E-state index contributed by atoms with van der Waals surface area (Å²) in [6.07, 6.45) is -0.621. The minimum atomic E-state index is -0.621. The van der Waals surface area contributed by atoms with E-state index in [9.17, 15) is 5.11 Å². The van der Waals surface area contributed by atoms with Gasteiger partial charge in [-0.2, -0.15) is 0 Å². The predicted octanol–water partition coefficient (Wildman–Crippen LogP) is 4.35. The van der Waals surface area contributed by atoms with Crippen molar-refractivity contribution in [3.05, 3.63) is 69.2 Å². The van der Waals surface area contributed by atoms with Gasteiger partial charge < -0.3 is 5.11 Å². The second-order valence-corrected chi connectivity index (χ2v) is 5.12. The number of benzene rings is 2. The fraction of sp³-hybridized carbons (Fsp3) is 0.250. The maximum atomic E-state index is 10.5. The van der Waals surface area contributed by atoms with Crippen LogP contribution in [-0.2, 0) is 0 Å². The number of hydrogen-bond acceptors (Lipinski definition) is 1. The van der Waals surface area contributed by atoms with Crippen LogP contribution >= 0.6 is 11.6 Å². The third-order valence-corrected chi connectivity index (χ3v) is 3.73. The minimum Gasteiger partial charge on any atom is -0.384 e. The standard InChI is InChI=1S/C16H17ClO/c1-10-7-8-13(9-14(10)17)16(18)15-11(2)5-4-6-12(15)3/h4-9,16,18H,1-3H3. The van der Waals surface area contributed by atoms with Crippen LogP contribution in [0.5, 0.6) is 0 Å². The molecule has 2 rings (SSSR count). The zero-order chi connectivity index (χ0) is 13.3. The van der Waals surface area contributed by atoms with Crippen LogP contribution in [0.25, 0.3) is 0 Å². The Hall–Kier alpha value is -1.31. The molecular weight excluding hydrogens is 244 g/mol. The van der Waals surface area contributed by atoms with E-state index in [1.165, 1.54) is 0 Å². The molecule has 0 aliphatic rings. The Bertz CT molecular complexity index is 555. The molecule has 1 N–H and O–H groups in total. The Balaban J connectivity index is 2.48. The first-order chi connectivity index (χ1) is 8.50. The topological polar surface area (TPSA) is 20.2 Å². The fourth-order valence-corrected chi connectivity index (χ4v) is 2.39. The Labute approximate surface area is 113 Å². The summed E-state index contributed by atoms with van der Waals surface area (Å²) in [5, 5.41) is 11.2. The van der Waals surface area contributed by atoms with Gasteiger partial charge in [0.25, 0.3) is 0 Å². The van der Waals surface area contributed by atoms with Crippen LogP contribution in [0.3, 0.4) is 0 Å². The van der Waals surface area contributed by atoms with Crippen molar-refractivity contribution in [3.63, 3.8) is 0 Å². The van der Waals surface area contributed by atoms with E-state index < -0.39 is 6.10 Å². The molecule has 18 heavy (non-hydrogen) atoms. The van der Waals surface area contributed by atoms with Crippen molar-refractivity contribution in [2.24, 2.45) is 0 Å². The van der Waals surface area contributed by atoms with Gasteiger partial charge in [-0.25, -0.2) is 0 Å². The van der Waals surface area contributed by atoms with Crippen molar-refractivity contribution in [1.82, 2.24) is 0 Å². The van der Waals surface area contributed by atoms with Crippen molar-refractivity contribution in [3.8, 4) is 0 Å². The quantitative estimate of drug-likeness (QED) is 0.851. The van der Waals surface area contributed by atoms with Gasteiger partial charge in [0.05, 0.1) is 0 Å². The van der Waals surface area contributed by atoms with Gasteiger partial charge in [0, 0.05) is 5.02 Å². The Morgan fingerprint density at radius 3 is 2.11 bits per heavy atom. The van der Waals surface area contributed by atoms with E-state index in [1.54, 1.807) is 0 Å². The number of rotatable bonds is 2. The molecule has 2 aromatic carbocycles. The lowest BCUT2D eigenvalue weighted by Crippen LogP contribution is -2.04. The first-order valence-corrected chi connectivity index (χ1v) is 6.38. The summed E-state index contributed by atoms with van der Waals surface area (Å²) < 4.78 is 0. The van der Waals surface area contributed by atoms with Crippen LogP contribution < -0.4 is 0 Å². The minimum absolute atomic E-state index is 0.621. The van der Waals surface area contributed by atoms with Gasteiger partial charge in [-0.05, 0) is 54.7 Å². The Morgan fingerprint density at radius 1 is 0.944 bits per heavy atom. The van der Waals surface area contributed by atoms with E-state index in [1.807, 2.05) is 57.2 Å². The Kier molecular flexibility index (Phi) is 3.74. The SMILES string of the molecule is Cc1ccc(C(O)c2c(C)cccc2C)cc1Cl. The zero-order valence-electron chi connectivity index (χ0n) is 10.9. The Morgan fingerprint density at radius 2 is 1.56 bits per heavy atom. The molecule has 1 nitrogen and oxygen atoms in total. The third-order valence-electron chi connectivity index (χ3n) is 3.33. The summed E-state index contributed by atoms with van der Waals surface area (Å²) >= 11 is 6.11. The van der Waals surface area contributed by atoms with Crippen LogP contribution in [-0.4, -0.2) is 5.11 Å². The van der Waals surface area contributed by atoms with Crippen molar-refractivity contribution in [2.45, 2.75) is 26.9 Å². The molecule has 0 heterocycles. The molecule has 0 radical (unpaired) electrons. The highest BCUT2D eigenvalue weighted by atomic mass is 35.5. The van der Waals surface area contributed by atoms with E-state index in [0.29, 0.717) is 5.02 Å². The molecule has 0 aromatic heterocycles. The van der Waals surface area contributed by atoms with E-state index in [4.69, 9.17) is 11.6 Å². The molecule has 0 aliphatic heterocycles. The van der Waals surface area contributed by atoms with Crippen LogP contribution in [0.4, 0.5) is 0 Å². The highest BCUT2D eigenvalue weighted by molar-refractivity contribution is 6.31. The highest BCUT2D eigenvalue weighted by Gasteiger charge is 2.15. The fourth-order valence-electron chi connectivity index (χ4n) is 2.20. The van der Waals surface area contributed by atoms with Gasteiger partial charge in [-0.3, -0.25) is 0 Å². The van der Waals surface area contributed by atoms with E-state index in [-0.39, 0.29) is 0 Å². The van der Waals surface area contributed by atoms with E-state index >= 15 is 0 Å². The number of aliphatic hydroxyl groups excluding tert-OH is 1. The van der Waals surface area contributed by atoms with Crippen molar-refractivity contribution in [2.75, 3.05) is 0 Å². The average molecular weight is 261 g/mol. The van der Waals surface area contributed by atoms with Crippen LogP contribution in [0, 0.1) is 20.8 Å². The van der Waals surface area contributed by atoms with E-state index in [0.717, 1.165) is 27.8 Å². The second-order valence-electron chi connectivity index (χ2n) is 4.72. The highest BCUT2D eigenvalue weighted by Crippen LogP contribution is 2.29. The van der Waals surface area contributed by atoms with Crippen LogP contribution in [0.1, 0.15) is 33.9 Å². The molecule has 0 saturated carbocycles. The summed E-state index contributed by atoms with van der Waals surface area (Å²) in [6, 6.07) is 11.7. The maximum absolute atomic E-state index is 10.5. The molecule has 1 unspecified atom stereocenters. The third kappa shape index (κ3) is 2.43. The van der Waals surface area contributed by atoms with Crippen LogP contribution in [0.15, 0.2) is 36.4 Å². The molecular formula is C16H17ClO. The number of halogens is 1. The van der Waals surface area contributed by atoms with Gasteiger partial charge >= 0.3 is 0 Å². The summed E-state index contributed by atoms with van der Waals surface area (Å²) in [5.74, 6) is 0. The van der Waals surface area contributed by atoms with Gasteiger partial charge in [-0.1, -0.05) is 41.9 Å². The predicted molar refractivity (Wildman–Crippen MR) is 76.2 cm³/mol. The molecule has 2 heteroatoms. The molecule has 0 bridgehead atoms. The summed E-state index contributed by atoms with van der Waals surface area (Å²) in [6.45, 7) is 5.99. The lowest BCUT2D eigenvalue weighted by molar-refractivity contribution is 0.219. The number of aryl methyl sites for hydroxylation is 3. The van der Waals surface area contributed by atoms with Gasteiger partial charge in [-0.15, -0.1) is 0 Å². The summed E-state index contributed by atoms with van der Waals surface area (Å²) in [5.41, 5.74) is 5.02. The van der Waals surface area contributed by atoms with Crippen molar-refractivity contribution >= 4 is 11.6 Å². The molecule has 0 amide bonds. The van der Waals surface area contributed by atoms with Crippen LogP contribution in [0.2, 0.25) is 5.02 Å². The zero-order valence-corrected chi connectivity index (χ0v) is 11.6. The summed E-state index contributed by atoms with van der Waals surface area (Å²) in [4.78, 5) is 0. The molecule has 94 valence electrons. The lowest BCUT2D eigenvalue weighted by atomic mass is 9.93. The molecule has 1 atom stereocenters. The molecule has 0 spiro atoms. The van der Waals surface area contributed by atoms with Gasteiger partial charge in [0.1, 0.15) is 6.10 Å². The lowest BCUT2D eigenvalue weighted by Gasteiger charge is -2.17. The van der Waals surface area contributed by atoms with Gasteiger partial charge in [0.15, 0.2) is 0 Å². The van der Waals surface area contributed by atoms with Crippen molar-refractivity contribution in [1.29, 1.82) is 0 Å². The smallest absolute Gasteiger partial charge is 0.105 e. The normalized spacial score (nSPS) is 12.5. The second kappa shape index (κ2) is 5.13. The van der Waals surface area contributed by atoms with E-state index in [2.05, 4.69) is 0 Å². The number of hydrogen-bond donors (Lipinski definition) is 1. The number of aliphatic hydroxyl groups is 1. The first-order valence-electron chi connectivity index (χ1n) is 6.01. The molecule has 2 aromatic rings. The molecule has 0 fully saturated rings. The maximum Gasteiger partial charge on any atom is 0.105 e. The van der Waals surface area contributed by atoms with Crippen molar-refractivity contribution < 1.29 is 5.11 Å².